The maximum atomic E-state index is 12.0. The fraction of sp³-hybridized carbons (Fsp3) is 0.294. The molecule has 1 aromatic carbocycles. The summed E-state index contributed by atoms with van der Waals surface area (Å²) in [5.41, 5.74) is 0.811. The van der Waals surface area contributed by atoms with Crippen LogP contribution < -0.4 is 14.8 Å². The van der Waals surface area contributed by atoms with Gasteiger partial charge in [-0.1, -0.05) is 0 Å². The second kappa shape index (κ2) is 7.87. The van der Waals surface area contributed by atoms with E-state index in [-0.39, 0.29) is 4.88 Å². The van der Waals surface area contributed by atoms with Crippen LogP contribution in [0.5, 0.6) is 11.5 Å². The molecular formula is C17H14F3NO5S. The van der Waals surface area contributed by atoms with Crippen molar-refractivity contribution >= 4 is 23.2 Å². The van der Waals surface area contributed by atoms with E-state index in [1.54, 1.807) is 23.5 Å². The van der Waals surface area contributed by atoms with Crippen molar-refractivity contribution in [1.82, 2.24) is 5.32 Å². The van der Waals surface area contributed by atoms with Crippen LogP contribution in [0.2, 0.25) is 0 Å². The van der Waals surface area contributed by atoms with E-state index in [0.717, 1.165) is 21.8 Å². The van der Waals surface area contributed by atoms with E-state index in [1.807, 2.05) is 6.07 Å². The van der Waals surface area contributed by atoms with E-state index >= 15 is 0 Å². The fourth-order valence-corrected chi connectivity index (χ4v) is 3.15. The Morgan fingerprint density at radius 1 is 1.11 bits per heavy atom. The number of amides is 1. The molecule has 2 aromatic rings. The summed E-state index contributed by atoms with van der Waals surface area (Å²) in [6, 6.07) is 8.61. The molecule has 6 nitrogen and oxygen atoms in total. The quantitative estimate of drug-likeness (QED) is 0.780. The minimum Gasteiger partial charge on any atom is -0.486 e. The molecule has 27 heavy (non-hydrogen) atoms. The molecule has 3 rings (SSSR count). The number of fused-ring (bicyclic) bond motifs is 1. The highest BCUT2D eigenvalue weighted by molar-refractivity contribution is 7.17. The third-order valence-electron chi connectivity index (χ3n) is 3.45. The lowest BCUT2D eigenvalue weighted by Crippen LogP contribution is -2.36. The van der Waals surface area contributed by atoms with Gasteiger partial charge in [-0.3, -0.25) is 4.79 Å². The maximum Gasteiger partial charge on any atom is 0.405 e. The number of carbonyl (C=O) groups excluding carboxylic acids is 2. The second-order valence-corrected chi connectivity index (χ2v) is 6.57. The number of ether oxygens (including phenoxy) is 3. The van der Waals surface area contributed by atoms with Crippen molar-refractivity contribution in [1.29, 1.82) is 0 Å². The number of halogens is 3. The molecule has 144 valence electrons. The molecule has 0 unspecified atom stereocenters. The van der Waals surface area contributed by atoms with Gasteiger partial charge < -0.3 is 19.5 Å². The van der Waals surface area contributed by atoms with Gasteiger partial charge >= 0.3 is 12.1 Å². The van der Waals surface area contributed by atoms with Crippen molar-refractivity contribution in [3.63, 3.8) is 0 Å². The molecule has 1 aliphatic heterocycles. The fourth-order valence-electron chi connectivity index (χ4n) is 2.25. The highest BCUT2D eigenvalue weighted by Crippen LogP contribution is 2.37. The van der Waals surface area contributed by atoms with E-state index in [4.69, 9.17) is 14.2 Å². The molecule has 1 aromatic heterocycles. The Bertz CT molecular complexity index is 849. The Labute approximate surface area is 155 Å². The Morgan fingerprint density at radius 2 is 1.85 bits per heavy atom. The molecule has 1 N–H and O–H groups in total. The minimum atomic E-state index is -4.52. The zero-order valence-electron chi connectivity index (χ0n) is 13.8. The van der Waals surface area contributed by atoms with E-state index in [2.05, 4.69) is 0 Å². The van der Waals surface area contributed by atoms with E-state index in [1.165, 1.54) is 6.07 Å². The van der Waals surface area contributed by atoms with Gasteiger partial charge in [-0.2, -0.15) is 13.2 Å². The number of hydrogen-bond donors (Lipinski definition) is 1. The summed E-state index contributed by atoms with van der Waals surface area (Å²) in [6.45, 7) is -1.32. The summed E-state index contributed by atoms with van der Waals surface area (Å²) in [6.07, 6.45) is -4.52. The van der Waals surface area contributed by atoms with Crippen LogP contribution in [0.15, 0.2) is 30.3 Å². The molecule has 0 bridgehead atoms. The van der Waals surface area contributed by atoms with E-state index < -0.39 is 31.2 Å². The maximum absolute atomic E-state index is 12.0. The Balaban J connectivity index is 1.58. The summed E-state index contributed by atoms with van der Waals surface area (Å²) >= 11 is 1.13. The normalized spacial score (nSPS) is 13.1. The number of nitrogens with one attached hydrogen (secondary N) is 1. The second-order valence-electron chi connectivity index (χ2n) is 5.49. The number of benzene rings is 1. The van der Waals surface area contributed by atoms with Crippen LogP contribution in [0.25, 0.3) is 10.4 Å². The van der Waals surface area contributed by atoms with Crippen LogP contribution >= 0.6 is 11.3 Å². The summed E-state index contributed by atoms with van der Waals surface area (Å²) in [5, 5.41) is 1.63. The SMILES string of the molecule is O=C(COC(=O)c1ccc(-c2ccc3c(c2)OCCO3)s1)NCC(F)(F)F. The number of rotatable bonds is 5. The minimum absolute atomic E-state index is 0.225. The predicted octanol–water partition coefficient (Wildman–Crippen LogP) is 3.02. The average molecular weight is 401 g/mol. The molecule has 0 saturated heterocycles. The molecule has 0 fully saturated rings. The highest BCUT2D eigenvalue weighted by Gasteiger charge is 2.28. The standard InChI is InChI=1S/C17H14F3NO5S/c18-17(19,20)9-21-15(22)8-26-16(23)14-4-3-13(27-14)10-1-2-11-12(7-10)25-6-5-24-11/h1-4,7H,5-6,8-9H2,(H,21,22). The largest absolute Gasteiger partial charge is 0.486 e. The first-order valence-electron chi connectivity index (χ1n) is 7.82. The molecule has 2 heterocycles. The molecular weight excluding hydrogens is 387 g/mol. The zero-order chi connectivity index (χ0) is 19.4. The molecule has 0 saturated carbocycles. The molecule has 0 atom stereocenters. The van der Waals surface area contributed by atoms with Gasteiger partial charge in [0.05, 0.1) is 0 Å². The first kappa shape index (κ1) is 19.0. The van der Waals surface area contributed by atoms with Gasteiger partial charge in [0.25, 0.3) is 5.91 Å². The summed E-state index contributed by atoms with van der Waals surface area (Å²) in [7, 11) is 0. The Hall–Kier alpha value is -2.75. The molecule has 1 amide bonds. The number of hydrogen-bond acceptors (Lipinski definition) is 6. The topological polar surface area (TPSA) is 73.9 Å². The van der Waals surface area contributed by atoms with Crippen molar-refractivity contribution in [3.05, 3.63) is 35.2 Å². The summed E-state index contributed by atoms with van der Waals surface area (Å²) in [5.74, 6) is -0.557. The van der Waals surface area contributed by atoms with Gasteiger partial charge in [0.1, 0.15) is 24.6 Å². The third-order valence-corrected chi connectivity index (χ3v) is 4.57. The highest BCUT2D eigenvalue weighted by atomic mass is 32.1. The zero-order valence-corrected chi connectivity index (χ0v) is 14.6. The molecule has 0 aliphatic carbocycles. The third kappa shape index (κ3) is 5.13. The van der Waals surface area contributed by atoms with Gasteiger partial charge in [-0.15, -0.1) is 11.3 Å². The van der Waals surface area contributed by atoms with Gasteiger partial charge in [0.2, 0.25) is 0 Å². The lowest BCUT2D eigenvalue weighted by molar-refractivity contribution is -0.140. The number of alkyl halides is 3. The Kier molecular flexibility index (Phi) is 5.54. The predicted molar refractivity (Wildman–Crippen MR) is 90.1 cm³/mol. The lowest BCUT2D eigenvalue weighted by Gasteiger charge is -2.18. The smallest absolute Gasteiger partial charge is 0.405 e. The van der Waals surface area contributed by atoms with Crippen LogP contribution in [0, 0.1) is 0 Å². The van der Waals surface area contributed by atoms with E-state index in [9.17, 15) is 22.8 Å². The van der Waals surface area contributed by atoms with E-state index in [0.29, 0.717) is 24.7 Å². The first-order valence-corrected chi connectivity index (χ1v) is 8.64. The monoisotopic (exact) mass is 401 g/mol. The number of carbonyl (C=O) groups is 2. The molecule has 0 spiro atoms. The van der Waals surface area contributed by atoms with Gasteiger partial charge in [-0.05, 0) is 35.9 Å². The van der Waals surface area contributed by atoms with Crippen molar-refractivity contribution < 1.29 is 37.0 Å². The summed E-state index contributed by atoms with van der Waals surface area (Å²) in [4.78, 5) is 24.2. The van der Waals surface area contributed by atoms with Crippen LogP contribution in [0.1, 0.15) is 9.67 Å². The molecule has 1 aliphatic rings. The van der Waals surface area contributed by atoms with Crippen LogP contribution in [-0.2, 0) is 9.53 Å². The van der Waals surface area contributed by atoms with Gasteiger partial charge in [0, 0.05) is 4.88 Å². The Morgan fingerprint density at radius 3 is 2.59 bits per heavy atom. The van der Waals surface area contributed by atoms with Crippen molar-refractivity contribution in [2.75, 3.05) is 26.4 Å². The number of esters is 1. The van der Waals surface area contributed by atoms with Crippen LogP contribution in [0.4, 0.5) is 13.2 Å². The van der Waals surface area contributed by atoms with Crippen molar-refractivity contribution in [2.24, 2.45) is 0 Å². The van der Waals surface area contributed by atoms with Crippen molar-refractivity contribution in [2.45, 2.75) is 6.18 Å². The van der Waals surface area contributed by atoms with Gasteiger partial charge in [-0.25, -0.2) is 4.79 Å². The molecule has 0 radical (unpaired) electrons. The van der Waals surface area contributed by atoms with Gasteiger partial charge in [0.15, 0.2) is 18.1 Å². The summed E-state index contributed by atoms with van der Waals surface area (Å²) < 4.78 is 51.7. The first-order chi connectivity index (χ1) is 12.8. The number of thiophene rings is 1. The lowest BCUT2D eigenvalue weighted by atomic mass is 10.1. The van der Waals surface area contributed by atoms with Crippen molar-refractivity contribution in [3.8, 4) is 21.9 Å². The van der Waals surface area contributed by atoms with Crippen LogP contribution in [-0.4, -0.2) is 44.4 Å². The molecule has 10 heteroatoms. The van der Waals surface area contributed by atoms with Crippen LogP contribution in [0.3, 0.4) is 0 Å². The average Bonchev–Trinajstić information content (AvgIpc) is 3.13.